The van der Waals surface area contributed by atoms with Crippen molar-refractivity contribution in [2.24, 2.45) is 0 Å². The number of anilines is 1. The molecule has 0 atom stereocenters. The minimum Gasteiger partial charge on any atom is -0.356 e. The van der Waals surface area contributed by atoms with Crippen LogP contribution >= 0.6 is 11.3 Å². The Balaban J connectivity index is 1.52. The fraction of sp³-hybridized carbons (Fsp3) is 0.667. The molecule has 2 aromatic rings. The third-order valence-corrected chi connectivity index (χ3v) is 7.47. The van der Waals surface area contributed by atoms with Crippen LogP contribution in [0.4, 0.5) is 5.82 Å². The van der Waals surface area contributed by atoms with Gasteiger partial charge in [0.2, 0.25) is 5.91 Å². The number of piperidine rings is 1. The molecule has 3 heterocycles. The number of amides is 1. The highest BCUT2D eigenvalue weighted by Gasteiger charge is 2.31. The third kappa shape index (κ3) is 3.33. The molecule has 3 aliphatic rings. The molecule has 144 valence electrons. The van der Waals surface area contributed by atoms with Gasteiger partial charge in [-0.05, 0) is 63.4 Å². The summed E-state index contributed by atoms with van der Waals surface area (Å²) in [5.41, 5.74) is 1.48. The molecule has 6 heteroatoms. The van der Waals surface area contributed by atoms with E-state index in [-0.39, 0.29) is 5.91 Å². The second-order valence-electron chi connectivity index (χ2n) is 8.31. The van der Waals surface area contributed by atoms with Gasteiger partial charge < -0.3 is 9.80 Å². The van der Waals surface area contributed by atoms with Crippen molar-refractivity contribution < 1.29 is 4.79 Å². The predicted octanol–water partition coefficient (Wildman–Crippen LogP) is 3.72. The van der Waals surface area contributed by atoms with Crippen LogP contribution < -0.4 is 4.90 Å². The van der Waals surface area contributed by atoms with Crippen LogP contribution in [0.1, 0.15) is 61.2 Å². The van der Waals surface area contributed by atoms with Gasteiger partial charge in [0.25, 0.3) is 0 Å². The largest absolute Gasteiger partial charge is 0.356 e. The van der Waals surface area contributed by atoms with Crippen LogP contribution in [0.2, 0.25) is 0 Å². The fourth-order valence-electron chi connectivity index (χ4n) is 4.54. The lowest BCUT2D eigenvalue weighted by atomic mass is 9.97. The molecule has 0 radical (unpaired) electrons. The second kappa shape index (κ2) is 7.04. The Morgan fingerprint density at radius 1 is 1.11 bits per heavy atom. The summed E-state index contributed by atoms with van der Waals surface area (Å²) in [6.07, 6.45) is 11.2. The Morgan fingerprint density at radius 3 is 2.67 bits per heavy atom. The number of nitrogens with zero attached hydrogens (tertiary/aromatic N) is 4. The summed E-state index contributed by atoms with van der Waals surface area (Å²) in [4.78, 5) is 29.5. The Bertz CT molecular complexity index is 867. The molecule has 1 saturated heterocycles. The van der Waals surface area contributed by atoms with Crippen molar-refractivity contribution in [1.82, 2.24) is 14.9 Å². The molecular formula is C21H28N4OS. The van der Waals surface area contributed by atoms with Gasteiger partial charge in [0.1, 0.15) is 16.5 Å². The molecule has 0 aromatic carbocycles. The molecule has 0 bridgehead atoms. The van der Waals surface area contributed by atoms with Crippen LogP contribution in [0.25, 0.3) is 10.2 Å². The summed E-state index contributed by atoms with van der Waals surface area (Å²) in [6, 6.07) is 0.605. The quantitative estimate of drug-likeness (QED) is 0.806. The lowest BCUT2D eigenvalue weighted by molar-refractivity contribution is -0.131. The molecule has 2 fully saturated rings. The van der Waals surface area contributed by atoms with Gasteiger partial charge in [-0.1, -0.05) is 0 Å². The average Bonchev–Trinajstić information content (AvgIpc) is 3.48. The van der Waals surface area contributed by atoms with Gasteiger partial charge in [-0.25, -0.2) is 9.97 Å². The van der Waals surface area contributed by atoms with Gasteiger partial charge in [-0.3, -0.25) is 4.79 Å². The first kappa shape index (κ1) is 17.4. The Labute approximate surface area is 164 Å². The number of carbonyl (C=O) groups excluding carboxylic acids is 1. The molecule has 5 nitrogen and oxygen atoms in total. The van der Waals surface area contributed by atoms with Gasteiger partial charge in [0, 0.05) is 31.1 Å². The molecule has 0 unspecified atom stereocenters. The molecule has 1 amide bonds. The molecular weight excluding hydrogens is 356 g/mol. The van der Waals surface area contributed by atoms with Crippen molar-refractivity contribution in [3.63, 3.8) is 0 Å². The van der Waals surface area contributed by atoms with E-state index in [2.05, 4.69) is 11.9 Å². The molecule has 2 aliphatic carbocycles. The zero-order chi connectivity index (χ0) is 18.4. The van der Waals surface area contributed by atoms with Crippen LogP contribution in [-0.2, 0) is 24.1 Å². The highest BCUT2D eigenvalue weighted by atomic mass is 32.1. The summed E-state index contributed by atoms with van der Waals surface area (Å²) < 4.78 is 0. The molecule has 5 rings (SSSR count). The Morgan fingerprint density at radius 2 is 1.89 bits per heavy atom. The number of likely N-dealkylation sites (tertiary alicyclic amines) is 1. The number of carbonyl (C=O) groups is 1. The average molecular weight is 385 g/mol. The number of aryl methyl sites for hydroxylation is 2. The molecule has 0 N–H and O–H groups in total. The summed E-state index contributed by atoms with van der Waals surface area (Å²) in [5, 5.41) is 1.28. The van der Waals surface area contributed by atoms with E-state index < -0.39 is 0 Å². The number of fused-ring (bicyclic) bond motifs is 3. The standard InChI is InChI=1S/C21H28N4OS/c1-24(14-9-10-14)20-19-15-7-3-4-8-16(15)27-21(19)23-17(22-20)13-18(26)25-11-5-2-6-12-25/h14H,2-13H2,1H3. The van der Waals surface area contributed by atoms with E-state index >= 15 is 0 Å². The van der Waals surface area contributed by atoms with Gasteiger partial charge in [-0.2, -0.15) is 0 Å². The number of aromatic nitrogens is 2. The molecule has 1 aliphatic heterocycles. The van der Waals surface area contributed by atoms with E-state index in [9.17, 15) is 4.79 Å². The van der Waals surface area contributed by atoms with Crippen LogP contribution in [0, 0.1) is 0 Å². The zero-order valence-corrected chi connectivity index (χ0v) is 17.0. The summed E-state index contributed by atoms with van der Waals surface area (Å²) >= 11 is 1.84. The number of rotatable bonds is 4. The summed E-state index contributed by atoms with van der Waals surface area (Å²) in [6.45, 7) is 1.78. The van der Waals surface area contributed by atoms with Gasteiger partial charge in [-0.15, -0.1) is 11.3 Å². The molecule has 1 saturated carbocycles. The van der Waals surface area contributed by atoms with Crippen LogP contribution in [0.3, 0.4) is 0 Å². The monoisotopic (exact) mass is 384 g/mol. The van der Waals surface area contributed by atoms with Crippen molar-refractivity contribution in [1.29, 1.82) is 0 Å². The van der Waals surface area contributed by atoms with E-state index in [0.29, 0.717) is 18.3 Å². The van der Waals surface area contributed by atoms with Crippen molar-refractivity contribution >= 4 is 33.3 Å². The minimum absolute atomic E-state index is 0.190. The smallest absolute Gasteiger partial charge is 0.230 e. The first-order valence-electron chi connectivity index (χ1n) is 10.5. The van der Waals surface area contributed by atoms with Crippen molar-refractivity contribution in [2.45, 2.75) is 70.3 Å². The number of hydrogen-bond donors (Lipinski definition) is 0. The van der Waals surface area contributed by atoms with Crippen molar-refractivity contribution in [2.75, 3.05) is 25.0 Å². The van der Waals surface area contributed by atoms with Gasteiger partial charge in [0.15, 0.2) is 0 Å². The van der Waals surface area contributed by atoms with Crippen LogP contribution in [0.5, 0.6) is 0 Å². The van der Waals surface area contributed by atoms with Crippen molar-refractivity contribution in [3.8, 4) is 0 Å². The van der Waals surface area contributed by atoms with Gasteiger partial charge in [0.05, 0.1) is 11.8 Å². The maximum atomic E-state index is 12.8. The van der Waals surface area contributed by atoms with Crippen LogP contribution in [-0.4, -0.2) is 47.0 Å². The number of hydrogen-bond acceptors (Lipinski definition) is 5. The minimum atomic E-state index is 0.190. The molecule has 2 aromatic heterocycles. The van der Waals surface area contributed by atoms with Crippen molar-refractivity contribution in [3.05, 3.63) is 16.3 Å². The number of thiophene rings is 1. The maximum Gasteiger partial charge on any atom is 0.230 e. The lowest BCUT2D eigenvalue weighted by Crippen LogP contribution is -2.37. The third-order valence-electron chi connectivity index (χ3n) is 6.29. The Hall–Kier alpha value is -1.69. The summed E-state index contributed by atoms with van der Waals surface area (Å²) in [7, 11) is 2.17. The van der Waals surface area contributed by atoms with E-state index in [1.165, 1.54) is 54.4 Å². The maximum absolute atomic E-state index is 12.8. The lowest BCUT2D eigenvalue weighted by Gasteiger charge is -2.26. The van der Waals surface area contributed by atoms with E-state index in [1.807, 2.05) is 16.2 Å². The molecule has 0 spiro atoms. The van der Waals surface area contributed by atoms with Gasteiger partial charge >= 0.3 is 0 Å². The summed E-state index contributed by atoms with van der Waals surface area (Å²) in [5.74, 6) is 1.97. The Kier molecular flexibility index (Phi) is 4.54. The first-order valence-corrected chi connectivity index (χ1v) is 11.3. The highest BCUT2D eigenvalue weighted by Crippen LogP contribution is 2.41. The van der Waals surface area contributed by atoms with E-state index in [0.717, 1.165) is 43.0 Å². The topological polar surface area (TPSA) is 49.3 Å². The predicted molar refractivity (Wildman–Crippen MR) is 110 cm³/mol. The second-order valence-corrected chi connectivity index (χ2v) is 9.40. The van der Waals surface area contributed by atoms with E-state index in [4.69, 9.17) is 9.97 Å². The van der Waals surface area contributed by atoms with Crippen LogP contribution in [0.15, 0.2) is 0 Å². The molecule has 27 heavy (non-hydrogen) atoms. The highest BCUT2D eigenvalue weighted by molar-refractivity contribution is 7.19. The normalized spacial score (nSPS) is 20.0. The fourth-order valence-corrected chi connectivity index (χ4v) is 5.82. The SMILES string of the molecule is CN(c1nc(CC(=O)N2CCCCC2)nc2sc3c(c12)CCCC3)C1CC1. The van der Waals surface area contributed by atoms with E-state index in [1.54, 1.807) is 0 Å². The first-order chi connectivity index (χ1) is 13.2. The zero-order valence-electron chi connectivity index (χ0n) is 16.2.